The van der Waals surface area contributed by atoms with Gasteiger partial charge in [-0.1, -0.05) is 0 Å². The van der Waals surface area contributed by atoms with E-state index in [0.29, 0.717) is 19.4 Å². The SMILES string of the molecule is COCCNCCC(C)(O)Cc1nc(C)c(C)s1. The lowest BCUT2D eigenvalue weighted by Gasteiger charge is -2.22. The minimum Gasteiger partial charge on any atom is -0.390 e. The molecule has 18 heavy (non-hydrogen) atoms. The van der Waals surface area contributed by atoms with Crippen molar-refractivity contribution in [2.45, 2.75) is 39.2 Å². The van der Waals surface area contributed by atoms with E-state index in [2.05, 4.69) is 17.2 Å². The van der Waals surface area contributed by atoms with E-state index in [9.17, 15) is 5.11 Å². The topological polar surface area (TPSA) is 54.4 Å². The lowest BCUT2D eigenvalue weighted by atomic mass is 9.98. The maximum Gasteiger partial charge on any atom is 0.0959 e. The van der Waals surface area contributed by atoms with Crippen LogP contribution in [0.4, 0.5) is 0 Å². The summed E-state index contributed by atoms with van der Waals surface area (Å²) in [5.41, 5.74) is 0.376. The number of rotatable bonds is 8. The van der Waals surface area contributed by atoms with Crippen LogP contribution in [-0.4, -0.2) is 42.5 Å². The number of methoxy groups -OCH3 is 1. The minimum atomic E-state index is -0.698. The Morgan fingerprint density at radius 3 is 2.67 bits per heavy atom. The molecule has 0 amide bonds. The molecule has 1 aromatic rings. The van der Waals surface area contributed by atoms with Gasteiger partial charge in [0.15, 0.2) is 0 Å². The monoisotopic (exact) mass is 272 g/mol. The van der Waals surface area contributed by atoms with Crippen molar-refractivity contribution in [3.63, 3.8) is 0 Å². The molecular formula is C13H24N2O2S. The molecule has 0 radical (unpaired) electrons. The Morgan fingerprint density at radius 2 is 2.11 bits per heavy atom. The van der Waals surface area contributed by atoms with Crippen LogP contribution >= 0.6 is 11.3 Å². The van der Waals surface area contributed by atoms with E-state index in [1.54, 1.807) is 18.4 Å². The summed E-state index contributed by atoms with van der Waals surface area (Å²) in [6.45, 7) is 8.26. The summed E-state index contributed by atoms with van der Waals surface area (Å²) in [4.78, 5) is 5.71. The number of aryl methyl sites for hydroxylation is 2. The van der Waals surface area contributed by atoms with Gasteiger partial charge in [-0.3, -0.25) is 0 Å². The van der Waals surface area contributed by atoms with Gasteiger partial charge in [0, 0.05) is 25.0 Å². The Balaban J connectivity index is 2.34. The lowest BCUT2D eigenvalue weighted by molar-refractivity contribution is 0.0510. The van der Waals surface area contributed by atoms with Gasteiger partial charge in [-0.25, -0.2) is 4.98 Å². The summed E-state index contributed by atoms with van der Waals surface area (Å²) in [5, 5.41) is 14.6. The molecule has 1 atom stereocenters. The summed E-state index contributed by atoms with van der Waals surface area (Å²) in [7, 11) is 1.69. The van der Waals surface area contributed by atoms with Crippen molar-refractivity contribution < 1.29 is 9.84 Å². The van der Waals surface area contributed by atoms with Crippen molar-refractivity contribution >= 4 is 11.3 Å². The number of aromatic nitrogens is 1. The summed E-state index contributed by atoms with van der Waals surface area (Å²) in [6.07, 6.45) is 1.34. The largest absolute Gasteiger partial charge is 0.390 e. The van der Waals surface area contributed by atoms with Gasteiger partial charge in [0.25, 0.3) is 0 Å². The first kappa shape index (κ1) is 15.6. The van der Waals surface area contributed by atoms with Crippen molar-refractivity contribution in [3.8, 4) is 0 Å². The van der Waals surface area contributed by atoms with Crippen LogP contribution in [0.25, 0.3) is 0 Å². The Hall–Kier alpha value is -0.490. The van der Waals surface area contributed by atoms with Crippen LogP contribution < -0.4 is 5.32 Å². The van der Waals surface area contributed by atoms with E-state index in [-0.39, 0.29) is 0 Å². The molecule has 0 bridgehead atoms. The van der Waals surface area contributed by atoms with E-state index in [4.69, 9.17) is 4.74 Å². The van der Waals surface area contributed by atoms with Crippen molar-refractivity contribution in [2.75, 3.05) is 26.8 Å². The van der Waals surface area contributed by atoms with Gasteiger partial charge in [0.2, 0.25) is 0 Å². The second-order valence-corrected chi connectivity index (χ2v) is 6.20. The lowest BCUT2D eigenvalue weighted by Crippen LogP contribution is -2.33. The quantitative estimate of drug-likeness (QED) is 0.707. The predicted octanol–water partition coefficient (Wildman–Crippen LogP) is 1.68. The van der Waals surface area contributed by atoms with Crippen LogP contribution in [0.5, 0.6) is 0 Å². The molecule has 0 aliphatic rings. The molecule has 0 saturated carbocycles. The van der Waals surface area contributed by atoms with E-state index < -0.39 is 5.60 Å². The summed E-state index contributed by atoms with van der Waals surface area (Å²) in [5.74, 6) is 0. The van der Waals surface area contributed by atoms with Gasteiger partial charge in [-0.05, 0) is 33.7 Å². The molecule has 104 valence electrons. The fraction of sp³-hybridized carbons (Fsp3) is 0.769. The predicted molar refractivity (Wildman–Crippen MR) is 75.3 cm³/mol. The van der Waals surface area contributed by atoms with Crippen LogP contribution in [0.2, 0.25) is 0 Å². The van der Waals surface area contributed by atoms with Crippen molar-refractivity contribution in [1.29, 1.82) is 0 Å². The number of aliphatic hydroxyl groups is 1. The summed E-state index contributed by atoms with van der Waals surface area (Å²) in [6, 6.07) is 0. The molecule has 0 saturated heterocycles. The second-order valence-electron chi connectivity index (χ2n) is 4.92. The van der Waals surface area contributed by atoms with Gasteiger partial charge >= 0.3 is 0 Å². The fourth-order valence-corrected chi connectivity index (χ4v) is 2.80. The van der Waals surface area contributed by atoms with Crippen LogP contribution in [0, 0.1) is 13.8 Å². The first-order chi connectivity index (χ1) is 8.44. The zero-order valence-corrected chi connectivity index (χ0v) is 12.6. The number of thiazole rings is 1. The van der Waals surface area contributed by atoms with Gasteiger partial charge < -0.3 is 15.2 Å². The number of nitrogens with one attached hydrogen (secondary N) is 1. The molecule has 0 aromatic carbocycles. The first-order valence-corrected chi connectivity index (χ1v) is 7.11. The average molecular weight is 272 g/mol. The second kappa shape index (κ2) is 7.19. The molecule has 0 spiro atoms. The molecule has 1 unspecified atom stereocenters. The highest BCUT2D eigenvalue weighted by atomic mass is 32.1. The molecule has 5 heteroatoms. The molecule has 1 heterocycles. The Morgan fingerprint density at radius 1 is 1.39 bits per heavy atom. The molecule has 0 aliphatic heterocycles. The van der Waals surface area contributed by atoms with Gasteiger partial charge in [-0.2, -0.15) is 0 Å². The van der Waals surface area contributed by atoms with Gasteiger partial charge in [0.05, 0.1) is 22.9 Å². The maximum absolute atomic E-state index is 10.3. The van der Waals surface area contributed by atoms with Gasteiger partial charge in [-0.15, -0.1) is 11.3 Å². The van der Waals surface area contributed by atoms with E-state index >= 15 is 0 Å². The number of hydrogen-bond donors (Lipinski definition) is 2. The third-order valence-corrected chi connectivity index (χ3v) is 4.00. The molecule has 0 aliphatic carbocycles. The number of nitrogens with zero attached hydrogens (tertiary/aromatic N) is 1. The fourth-order valence-electron chi connectivity index (χ4n) is 1.69. The third-order valence-electron chi connectivity index (χ3n) is 2.93. The highest BCUT2D eigenvalue weighted by molar-refractivity contribution is 7.11. The highest BCUT2D eigenvalue weighted by Crippen LogP contribution is 2.22. The molecule has 1 rings (SSSR count). The first-order valence-electron chi connectivity index (χ1n) is 6.29. The van der Waals surface area contributed by atoms with E-state index in [0.717, 1.165) is 23.8 Å². The van der Waals surface area contributed by atoms with Crippen LogP contribution in [0.3, 0.4) is 0 Å². The minimum absolute atomic E-state index is 0.623. The summed E-state index contributed by atoms with van der Waals surface area (Å²) >= 11 is 1.68. The highest BCUT2D eigenvalue weighted by Gasteiger charge is 2.22. The van der Waals surface area contributed by atoms with Gasteiger partial charge in [0.1, 0.15) is 0 Å². The van der Waals surface area contributed by atoms with E-state index in [1.165, 1.54) is 4.88 Å². The zero-order valence-electron chi connectivity index (χ0n) is 11.7. The summed E-state index contributed by atoms with van der Waals surface area (Å²) < 4.78 is 4.95. The molecule has 4 nitrogen and oxygen atoms in total. The molecule has 2 N–H and O–H groups in total. The van der Waals surface area contributed by atoms with Crippen LogP contribution in [0.15, 0.2) is 0 Å². The van der Waals surface area contributed by atoms with Crippen molar-refractivity contribution in [2.24, 2.45) is 0 Å². The van der Waals surface area contributed by atoms with Crippen LogP contribution in [0.1, 0.15) is 28.9 Å². The molecular weight excluding hydrogens is 248 g/mol. The smallest absolute Gasteiger partial charge is 0.0959 e. The van der Waals surface area contributed by atoms with Crippen molar-refractivity contribution in [3.05, 3.63) is 15.6 Å². The van der Waals surface area contributed by atoms with E-state index in [1.807, 2.05) is 13.8 Å². The molecule has 0 fully saturated rings. The standard InChI is InChI=1S/C13H24N2O2S/c1-10-11(2)18-12(15-10)9-13(3,16)5-6-14-7-8-17-4/h14,16H,5-9H2,1-4H3. The number of ether oxygens (including phenoxy) is 1. The Labute approximate surface area is 113 Å². The number of hydrogen-bond acceptors (Lipinski definition) is 5. The van der Waals surface area contributed by atoms with Crippen LogP contribution in [-0.2, 0) is 11.2 Å². The zero-order chi connectivity index (χ0) is 13.6. The third kappa shape index (κ3) is 5.44. The normalized spacial score (nSPS) is 14.7. The maximum atomic E-state index is 10.3. The Kier molecular flexibility index (Phi) is 6.21. The average Bonchev–Trinajstić information content (AvgIpc) is 2.56. The Bertz CT molecular complexity index is 344. The van der Waals surface area contributed by atoms with Crippen molar-refractivity contribution in [1.82, 2.24) is 10.3 Å². The molecule has 1 aromatic heterocycles.